The molecule has 2 heteroatoms. The van der Waals surface area contributed by atoms with Crippen LogP contribution < -0.4 is 0 Å². The Morgan fingerprint density at radius 2 is 1.62 bits per heavy atom. The Kier molecular flexibility index (Phi) is 6.07. The van der Waals surface area contributed by atoms with E-state index in [4.69, 9.17) is 0 Å². The third-order valence-corrected chi connectivity index (χ3v) is 11.9. The Bertz CT molecular complexity index is 757. The molecule has 0 aromatic carbocycles. The van der Waals surface area contributed by atoms with E-state index in [0.29, 0.717) is 16.7 Å². The fourth-order valence-electron chi connectivity index (χ4n) is 9.69. The van der Waals surface area contributed by atoms with Gasteiger partial charge in [-0.25, -0.2) is 0 Å². The number of fused-ring (bicyclic) bond motifs is 4. The standard InChI is InChI=1S/C30H52O2/c1-20(10-9-16-26(2,3)32)21-13-18-30(8)23-11-12-24-27(4,5)25(31)15-17-28(24,6)22(23)14-19-29(21,30)7/h20-21,24-25,31-32H,9-19H2,1-8H3/t20-,21?,24?,25+,28-,29-,30+/m1/s1. The third-order valence-electron chi connectivity index (χ3n) is 11.9. The highest BCUT2D eigenvalue weighted by molar-refractivity contribution is 5.38. The quantitative estimate of drug-likeness (QED) is 0.427. The monoisotopic (exact) mass is 444 g/mol. The summed E-state index contributed by atoms with van der Waals surface area (Å²) in [4.78, 5) is 0. The van der Waals surface area contributed by atoms with E-state index in [1.54, 1.807) is 0 Å². The molecule has 0 amide bonds. The summed E-state index contributed by atoms with van der Waals surface area (Å²) < 4.78 is 0. The van der Waals surface area contributed by atoms with E-state index in [1.807, 2.05) is 25.0 Å². The van der Waals surface area contributed by atoms with Crippen LogP contribution in [0.3, 0.4) is 0 Å². The first kappa shape index (κ1) is 24.8. The molecule has 2 nitrogen and oxygen atoms in total. The van der Waals surface area contributed by atoms with Crippen molar-refractivity contribution in [3.63, 3.8) is 0 Å². The number of allylic oxidation sites excluding steroid dienone is 2. The summed E-state index contributed by atoms with van der Waals surface area (Å²) in [6, 6.07) is 0. The van der Waals surface area contributed by atoms with Crippen molar-refractivity contribution in [2.24, 2.45) is 39.4 Å². The molecule has 2 saturated carbocycles. The van der Waals surface area contributed by atoms with Crippen molar-refractivity contribution in [2.45, 2.75) is 138 Å². The van der Waals surface area contributed by atoms with E-state index in [1.165, 1.54) is 51.4 Å². The Hall–Kier alpha value is -0.340. The molecule has 0 radical (unpaired) electrons. The van der Waals surface area contributed by atoms with E-state index in [0.717, 1.165) is 31.1 Å². The summed E-state index contributed by atoms with van der Waals surface area (Å²) in [5.74, 6) is 2.16. The molecule has 0 aromatic rings. The van der Waals surface area contributed by atoms with Gasteiger partial charge in [0, 0.05) is 0 Å². The Balaban J connectivity index is 1.60. The van der Waals surface area contributed by atoms with Gasteiger partial charge in [0.15, 0.2) is 0 Å². The van der Waals surface area contributed by atoms with Gasteiger partial charge in [-0.05, 0) is 111 Å². The maximum absolute atomic E-state index is 10.8. The summed E-state index contributed by atoms with van der Waals surface area (Å²) in [5.41, 5.74) is 4.22. The van der Waals surface area contributed by atoms with Gasteiger partial charge in [0.05, 0.1) is 11.7 Å². The molecular weight excluding hydrogens is 392 g/mol. The van der Waals surface area contributed by atoms with Crippen LogP contribution in [0.5, 0.6) is 0 Å². The first-order chi connectivity index (χ1) is 14.7. The highest BCUT2D eigenvalue weighted by Crippen LogP contribution is 2.72. The van der Waals surface area contributed by atoms with Gasteiger partial charge in [-0.2, -0.15) is 0 Å². The number of aliphatic hydroxyl groups is 2. The Labute approximate surface area is 198 Å². The van der Waals surface area contributed by atoms with Crippen molar-refractivity contribution < 1.29 is 10.2 Å². The first-order valence-corrected chi connectivity index (χ1v) is 13.8. The normalized spacial score (nSPS) is 44.6. The lowest BCUT2D eigenvalue weighted by Gasteiger charge is -2.62. The van der Waals surface area contributed by atoms with Gasteiger partial charge >= 0.3 is 0 Å². The van der Waals surface area contributed by atoms with Crippen molar-refractivity contribution in [1.29, 1.82) is 0 Å². The summed E-state index contributed by atoms with van der Waals surface area (Å²) in [6.45, 7) is 18.9. The summed E-state index contributed by atoms with van der Waals surface area (Å²) >= 11 is 0. The molecular formula is C30H52O2. The smallest absolute Gasteiger partial charge is 0.0594 e. The summed E-state index contributed by atoms with van der Waals surface area (Å²) in [6.07, 6.45) is 13.2. The van der Waals surface area contributed by atoms with Gasteiger partial charge in [0.2, 0.25) is 0 Å². The lowest BCUT2D eigenvalue weighted by atomic mass is 9.43. The molecule has 32 heavy (non-hydrogen) atoms. The van der Waals surface area contributed by atoms with Crippen molar-refractivity contribution in [3.8, 4) is 0 Å². The number of aliphatic hydroxyl groups excluding tert-OH is 1. The zero-order valence-electron chi connectivity index (χ0n) is 22.5. The highest BCUT2D eigenvalue weighted by Gasteiger charge is 2.63. The second-order valence-corrected chi connectivity index (χ2v) is 14.4. The maximum Gasteiger partial charge on any atom is 0.0594 e. The van der Waals surface area contributed by atoms with Gasteiger partial charge in [0.1, 0.15) is 0 Å². The molecule has 0 saturated heterocycles. The molecule has 0 aromatic heterocycles. The number of hydrogen-bond donors (Lipinski definition) is 2. The van der Waals surface area contributed by atoms with Crippen molar-refractivity contribution in [2.75, 3.05) is 0 Å². The van der Waals surface area contributed by atoms with Crippen molar-refractivity contribution in [3.05, 3.63) is 11.1 Å². The molecule has 0 heterocycles. The molecule has 7 atom stereocenters. The predicted octanol–water partition coefficient (Wildman–Crippen LogP) is 7.67. The van der Waals surface area contributed by atoms with Gasteiger partial charge in [-0.15, -0.1) is 0 Å². The average molecular weight is 445 g/mol. The van der Waals surface area contributed by atoms with Crippen LogP contribution in [0.2, 0.25) is 0 Å². The molecule has 4 rings (SSSR count). The minimum Gasteiger partial charge on any atom is -0.393 e. The van der Waals surface area contributed by atoms with E-state index in [9.17, 15) is 10.2 Å². The van der Waals surface area contributed by atoms with E-state index in [-0.39, 0.29) is 16.9 Å². The average Bonchev–Trinajstić information content (AvgIpc) is 2.96. The van der Waals surface area contributed by atoms with Gasteiger partial charge in [-0.1, -0.05) is 65.5 Å². The van der Waals surface area contributed by atoms with Crippen LogP contribution in [-0.4, -0.2) is 21.9 Å². The van der Waals surface area contributed by atoms with Crippen LogP contribution >= 0.6 is 0 Å². The Morgan fingerprint density at radius 3 is 2.28 bits per heavy atom. The van der Waals surface area contributed by atoms with Crippen LogP contribution in [0, 0.1) is 39.4 Å². The van der Waals surface area contributed by atoms with Crippen LogP contribution in [0.15, 0.2) is 11.1 Å². The number of rotatable bonds is 5. The lowest BCUT2D eigenvalue weighted by Crippen LogP contribution is -2.55. The minimum atomic E-state index is -0.534. The van der Waals surface area contributed by atoms with E-state index < -0.39 is 5.60 Å². The molecule has 0 aliphatic heterocycles. The van der Waals surface area contributed by atoms with Crippen LogP contribution in [0.1, 0.15) is 126 Å². The fourth-order valence-corrected chi connectivity index (χ4v) is 9.69. The third kappa shape index (κ3) is 3.57. The lowest BCUT2D eigenvalue weighted by molar-refractivity contribution is -0.0962. The molecule has 2 N–H and O–H groups in total. The van der Waals surface area contributed by atoms with Crippen LogP contribution in [0.25, 0.3) is 0 Å². The first-order valence-electron chi connectivity index (χ1n) is 13.8. The molecule has 184 valence electrons. The SMILES string of the molecule is C[C@H](CCCC(C)(C)O)C1CC[C@@]2(C)C3=C(CC[C@]12C)[C@@]1(C)CC[C@H](O)C(C)(C)C1CC3. The van der Waals surface area contributed by atoms with Crippen LogP contribution in [0.4, 0.5) is 0 Å². The molecule has 4 aliphatic carbocycles. The van der Waals surface area contributed by atoms with Gasteiger partial charge in [0.25, 0.3) is 0 Å². The Morgan fingerprint density at radius 1 is 0.938 bits per heavy atom. The van der Waals surface area contributed by atoms with Gasteiger partial charge in [-0.3, -0.25) is 0 Å². The molecule has 2 unspecified atom stereocenters. The van der Waals surface area contributed by atoms with Crippen molar-refractivity contribution in [1.82, 2.24) is 0 Å². The molecule has 2 fully saturated rings. The fraction of sp³-hybridized carbons (Fsp3) is 0.933. The largest absolute Gasteiger partial charge is 0.393 e. The molecule has 4 aliphatic rings. The van der Waals surface area contributed by atoms with Crippen molar-refractivity contribution >= 4 is 0 Å². The topological polar surface area (TPSA) is 40.5 Å². The minimum absolute atomic E-state index is 0.0282. The maximum atomic E-state index is 10.8. The zero-order chi connectivity index (χ0) is 23.7. The molecule has 0 spiro atoms. The second-order valence-electron chi connectivity index (χ2n) is 14.4. The second kappa shape index (κ2) is 7.84. The predicted molar refractivity (Wildman–Crippen MR) is 134 cm³/mol. The molecule has 0 bridgehead atoms. The summed E-state index contributed by atoms with van der Waals surface area (Å²) in [5, 5.41) is 21.0. The highest BCUT2D eigenvalue weighted by atomic mass is 16.3. The van der Waals surface area contributed by atoms with Crippen LogP contribution in [-0.2, 0) is 0 Å². The van der Waals surface area contributed by atoms with E-state index >= 15 is 0 Å². The van der Waals surface area contributed by atoms with Gasteiger partial charge < -0.3 is 10.2 Å². The van der Waals surface area contributed by atoms with E-state index in [2.05, 4.69) is 41.5 Å². The summed E-state index contributed by atoms with van der Waals surface area (Å²) in [7, 11) is 0. The zero-order valence-corrected chi connectivity index (χ0v) is 22.5. The number of hydrogen-bond acceptors (Lipinski definition) is 2.